The minimum Gasteiger partial charge on any atom is -0.489 e. The number of thioether (sulfide) groups is 1. The lowest BCUT2D eigenvalue weighted by Gasteiger charge is -2.14. The quantitative estimate of drug-likeness (QED) is 0.330. The van der Waals surface area contributed by atoms with Crippen LogP contribution in [-0.4, -0.2) is 15.1 Å². The molecule has 1 saturated heterocycles. The predicted molar refractivity (Wildman–Crippen MR) is 132 cm³/mol. The second kappa shape index (κ2) is 9.50. The second-order valence-corrected chi connectivity index (χ2v) is 9.28. The maximum atomic E-state index is 12.9. The van der Waals surface area contributed by atoms with E-state index in [-0.39, 0.29) is 5.91 Å². The van der Waals surface area contributed by atoms with Crippen LogP contribution in [0.5, 0.6) is 5.75 Å². The molecule has 5 heteroatoms. The van der Waals surface area contributed by atoms with Crippen LogP contribution in [0.4, 0.5) is 0 Å². The molecule has 4 rings (SSSR count). The van der Waals surface area contributed by atoms with Crippen LogP contribution in [0.1, 0.15) is 27.8 Å². The minimum atomic E-state index is -0.0460. The zero-order chi connectivity index (χ0) is 21.8. The van der Waals surface area contributed by atoms with E-state index in [9.17, 15) is 4.79 Å². The van der Waals surface area contributed by atoms with Crippen molar-refractivity contribution < 1.29 is 9.53 Å². The summed E-state index contributed by atoms with van der Waals surface area (Å²) < 4.78 is 6.47. The summed E-state index contributed by atoms with van der Waals surface area (Å²) in [6, 6.07) is 24.2. The van der Waals surface area contributed by atoms with Gasteiger partial charge in [0, 0.05) is 0 Å². The topological polar surface area (TPSA) is 29.5 Å². The Kier molecular flexibility index (Phi) is 6.54. The third-order valence-electron chi connectivity index (χ3n) is 5.00. The van der Waals surface area contributed by atoms with Gasteiger partial charge in [-0.25, -0.2) is 0 Å². The lowest BCUT2D eigenvalue weighted by Crippen LogP contribution is -2.27. The van der Waals surface area contributed by atoms with Gasteiger partial charge in [-0.2, -0.15) is 0 Å². The number of ether oxygens (including phenoxy) is 1. The van der Waals surface area contributed by atoms with Gasteiger partial charge in [-0.05, 0) is 48.7 Å². The SMILES string of the molecule is Cc1ccc(CN2C(=O)/C(=C/c3ccc(OCc4cccc(C)c4)cc3)SC2=S)cc1. The Morgan fingerprint density at radius 2 is 1.68 bits per heavy atom. The van der Waals surface area contributed by atoms with E-state index in [1.165, 1.54) is 22.9 Å². The molecular formula is C26H23NO2S2. The second-order valence-electron chi connectivity index (χ2n) is 7.60. The van der Waals surface area contributed by atoms with Crippen LogP contribution in [0.15, 0.2) is 77.7 Å². The first-order valence-electron chi connectivity index (χ1n) is 10.1. The summed E-state index contributed by atoms with van der Waals surface area (Å²) >= 11 is 6.80. The van der Waals surface area contributed by atoms with Crippen LogP contribution < -0.4 is 4.74 Å². The van der Waals surface area contributed by atoms with Crippen LogP contribution in [-0.2, 0) is 17.9 Å². The van der Waals surface area contributed by atoms with E-state index in [0.717, 1.165) is 22.4 Å². The Morgan fingerprint density at radius 1 is 0.935 bits per heavy atom. The smallest absolute Gasteiger partial charge is 0.266 e. The molecule has 1 fully saturated rings. The van der Waals surface area contributed by atoms with Gasteiger partial charge in [0.25, 0.3) is 5.91 Å². The zero-order valence-electron chi connectivity index (χ0n) is 17.5. The van der Waals surface area contributed by atoms with Crippen molar-refractivity contribution >= 4 is 40.3 Å². The molecule has 0 unspecified atom stereocenters. The Bertz CT molecular complexity index is 1130. The third-order valence-corrected chi connectivity index (χ3v) is 6.38. The molecular weight excluding hydrogens is 422 g/mol. The van der Waals surface area contributed by atoms with Crippen LogP contribution in [0.3, 0.4) is 0 Å². The van der Waals surface area contributed by atoms with Crippen molar-refractivity contribution in [2.45, 2.75) is 27.0 Å². The first-order valence-corrected chi connectivity index (χ1v) is 11.3. The summed E-state index contributed by atoms with van der Waals surface area (Å²) in [5.74, 6) is 0.751. The molecule has 1 aliphatic rings. The van der Waals surface area contributed by atoms with Gasteiger partial charge >= 0.3 is 0 Å². The third kappa shape index (κ3) is 5.43. The van der Waals surface area contributed by atoms with Gasteiger partial charge in [0.2, 0.25) is 0 Å². The van der Waals surface area contributed by atoms with Gasteiger partial charge in [0.1, 0.15) is 16.7 Å². The van der Waals surface area contributed by atoms with E-state index in [1.807, 2.05) is 67.6 Å². The molecule has 0 N–H and O–H groups in total. The fraction of sp³-hybridized carbons (Fsp3) is 0.154. The minimum absolute atomic E-state index is 0.0460. The number of nitrogens with zero attached hydrogens (tertiary/aromatic N) is 1. The predicted octanol–water partition coefficient (Wildman–Crippen LogP) is 6.28. The number of hydrogen-bond acceptors (Lipinski definition) is 4. The number of hydrogen-bond donors (Lipinski definition) is 0. The summed E-state index contributed by atoms with van der Waals surface area (Å²) in [5.41, 5.74) is 5.56. The first-order chi connectivity index (χ1) is 15.0. The molecule has 1 heterocycles. The number of thiocarbonyl (C=S) groups is 1. The summed E-state index contributed by atoms with van der Waals surface area (Å²) in [6.07, 6.45) is 1.89. The van der Waals surface area contributed by atoms with E-state index in [4.69, 9.17) is 17.0 Å². The summed E-state index contributed by atoms with van der Waals surface area (Å²) in [5, 5.41) is 0. The van der Waals surface area contributed by atoms with E-state index >= 15 is 0 Å². The average molecular weight is 446 g/mol. The van der Waals surface area contributed by atoms with Crippen molar-refractivity contribution in [3.63, 3.8) is 0 Å². The number of carbonyl (C=O) groups is 1. The zero-order valence-corrected chi connectivity index (χ0v) is 19.1. The molecule has 0 atom stereocenters. The fourth-order valence-electron chi connectivity index (χ4n) is 3.29. The van der Waals surface area contributed by atoms with Gasteiger partial charge in [-0.3, -0.25) is 9.69 Å². The molecule has 0 spiro atoms. The lowest BCUT2D eigenvalue weighted by molar-refractivity contribution is -0.122. The molecule has 1 amide bonds. The Hall–Kier alpha value is -2.89. The maximum Gasteiger partial charge on any atom is 0.266 e. The summed E-state index contributed by atoms with van der Waals surface area (Å²) in [4.78, 5) is 15.2. The van der Waals surface area contributed by atoms with Crippen molar-refractivity contribution in [2.75, 3.05) is 0 Å². The van der Waals surface area contributed by atoms with Crippen LogP contribution in [0, 0.1) is 13.8 Å². The molecule has 3 nitrogen and oxygen atoms in total. The highest BCUT2D eigenvalue weighted by Crippen LogP contribution is 2.33. The summed E-state index contributed by atoms with van der Waals surface area (Å²) in [7, 11) is 0. The number of benzene rings is 3. The van der Waals surface area contributed by atoms with Crippen LogP contribution in [0.2, 0.25) is 0 Å². The highest BCUT2D eigenvalue weighted by molar-refractivity contribution is 8.26. The summed E-state index contributed by atoms with van der Waals surface area (Å²) in [6.45, 7) is 5.14. The molecule has 3 aromatic carbocycles. The van der Waals surface area contributed by atoms with Gasteiger partial charge in [0.05, 0.1) is 11.4 Å². The number of aryl methyl sites for hydroxylation is 2. The van der Waals surface area contributed by atoms with Crippen molar-refractivity contribution in [1.82, 2.24) is 4.90 Å². The molecule has 0 aliphatic carbocycles. The average Bonchev–Trinajstić information content (AvgIpc) is 3.02. The highest BCUT2D eigenvalue weighted by Gasteiger charge is 2.31. The standard InChI is InChI=1S/C26H23NO2S2/c1-18-6-8-21(9-7-18)16-27-25(28)24(31-26(27)30)15-20-10-12-23(13-11-20)29-17-22-5-3-4-19(2)14-22/h3-15H,16-17H2,1-2H3/b24-15-. The Morgan fingerprint density at radius 3 is 2.39 bits per heavy atom. The molecule has 1 aliphatic heterocycles. The van der Waals surface area contributed by atoms with Gasteiger partial charge in [-0.1, -0.05) is 95.8 Å². The fourth-order valence-corrected chi connectivity index (χ4v) is 4.55. The first kappa shape index (κ1) is 21.3. The van der Waals surface area contributed by atoms with Crippen molar-refractivity contribution in [1.29, 1.82) is 0 Å². The highest BCUT2D eigenvalue weighted by atomic mass is 32.2. The van der Waals surface area contributed by atoms with Gasteiger partial charge in [0.15, 0.2) is 0 Å². The largest absolute Gasteiger partial charge is 0.489 e. The number of rotatable bonds is 6. The Balaban J connectivity index is 1.40. The molecule has 31 heavy (non-hydrogen) atoms. The van der Waals surface area contributed by atoms with Gasteiger partial charge < -0.3 is 4.74 Å². The van der Waals surface area contributed by atoms with Crippen molar-refractivity contribution in [3.05, 3.63) is 106 Å². The molecule has 0 radical (unpaired) electrons. The molecule has 156 valence electrons. The number of carbonyl (C=O) groups excluding carboxylic acids is 1. The molecule has 3 aromatic rings. The van der Waals surface area contributed by atoms with Crippen LogP contribution in [0.25, 0.3) is 6.08 Å². The van der Waals surface area contributed by atoms with Crippen molar-refractivity contribution in [2.24, 2.45) is 0 Å². The number of amides is 1. The van der Waals surface area contributed by atoms with Crippen LogP contribution >= 0.6 is 24.0 Å². The Labute approximate surface area is 192 Å². The van der Waals surface area contributed by atoms with E-state index in [1.54, 1.807) is 4.90 Å². The maximum absolute atomic E-state index is 12.9. The molecule has 0 bridgehead atoms. The van der Waals surface area contributed by atoms with E-state index in [0.29, 0.717) is 22.4 Å². The van der Waals surface area contributed by atoms with Gasteiger partial charge in [-0.15, -0.1) is 0 Å². The van der Waals surface area contributed by atoms with E-state index in [2.05, 4.69) is 25.1 Å². The normalized spacial score (nSPS) is 15.0. The van der Waals surface area contributed by atoms with E-state index < -0.39 is 0 Å². The lowest BCUT2D eigenvalue weighted by atomic mass is 10.1. The monoisotopic (exact) mass is 445 g/mol. The molecule has 0 aromatic heterocycles. The molecule has 0 saturated carbocycles. The van der Waals surface area contributed by atoms with Crippen molar-refractivity contribution in [3.8, 4) is 5.75 Å².